The minimum Gasteiger partial charge on any atom is -0.255 e. The molecule has 0 atom stereocenters. The lowest BCUT2D eigenvalue weighted by atomic mass is 9.99. The van der Waals surface area contributed by atoms with Gasteiger partial charge in [0.1, 0.15) is 16.5 Å². The van der Waals surface area contributed by atoms with Crippen LogP contribution in [0.2, 0.25) is 0 Å². The van der Waals surface area contributed by atoms with Crippen LogP contribution in [0.15, 0.2) is 53.6 Å². The fourth-order valence-corrected chi connectivity index (χ4v) is 3.04. The predicted molar refractivity (Wildman–Crippen MR) is 86.3 cm³/mol. The van der Waals surface area contributed by atoms with Gasteiger partial charge in [-0.2, -0.15) is 0 Å². The van der Waals surface area contributed by atoms with Crippen molar-refractivity contribution in [2.45, 2.75) is 4.90 Å². The van der Waals surface area contributed by atoms with Crippen molar-refractivity contribution < 1.29 is 26.0 Å². The molecule has 0 radical (unpaired) electrons. The van der Waals surface area contributed by atoms with Crippen molar-refractivity contribution in [3.8, 4) is 22.4 Å². The second-order valence-corrected chi connectivity index (χ2v) is 6.87. The first-order valence-corrected chi connectivity index (χ1v) is 8.66. The highest BCUT2D eigenvalue weighted by Crippen LogP contribution is 2.34. The molecule has 0 bridgehead atoms. The van der Waals surface area contributed by atoms with Crippen molar-refractivity contribution in [2.24, 2.45) is 5.14 Å². The third-order valence-electron chi connectivity index (χ3n) is 3.62. The summed E-state index contributed by atoms with van der Waals surface area (Å²) in [7, 11) is -4.45. The number of primary sulfonamides is 1. The van der Waals surface area contributed by atoms with Crippen molar-refractivity contribution in [3.05, 3.63) is 71.9 Å². The second kappa shape index (κ2) is 6.50. The molecule has 0 aliphatic carbocycles. The van der Waals surface area contributed by atoms with Crippen LogP contribution in [0.3, 0.4) is 0 Å². The van der Waals surface area contributed by atoms with E-state index in [4.69, 9.17) is 5.14 Å². The fraction of sp³-hybridized carbons (Fsp3) is 0. The van der Waals surface area contributed by atoms with Crippen molar-refractivity contribution in [1.82, 2.24) is 4.98 Å². The molecule has 26 heavy (non-hydrogen) atoms. The first kappa shape index (κ1) is 18.0. The van der Waals surface area contributed by atoms with Gasteiger partial charge in [0.25, 0.3) is 0 Å². The van der Waals surface area contributed by atoms with Gasteiger partial charge in [0, 0.05) is 17.3 Å². The van der Waals surface area contributed by atoms with Crippen molar-refractivity contribution in [3.63, 3.8) is 0 Å². The number of aromatic nitrogens is 1. The first-order chi connectivity index (χ1) is 12.2. The lowest BCUT2D eigenvalue weighted by Crippen LogP contribution is -2.14. The van der Waals surface area contributed by atoms with E-state index in [0.29, 0.717) is 12.1 Å². The Morgan fingerprint density at radius 3 is 2.19 bits per heavy atom. The molecule has 1 heterocycles. The Bertz CT molecular complexity index is 1120. The highest BCUT2D eigenvalue weighted by molar-refractivity contribution is 7.89. The van der Waals surface area contributed by atoms with E-state index in [-0.39, 0.29) is 22.4 Å². The highest BCUT2D eigenvalue weighted by atomic mass is 32.2. The molecule has 134 valence electrons. The number of hydrogen-bond acceptors (Lipinski definition) is 3. The first-order valence-electron chi connectivity index (χ1n) is 7.11. The molecule has 3 aromatic rings. The van der Waals surface area contributed by atoms with E-state index in [0.717, 1.165) is 12.1 Å². The highest BCUT2D eigenvalue weighted by Gasteiger charge is 2.21. The molecule has 9 heteroatoms. The van der Waals surface area contributed by atoms with E-state index in [1.54, 1.807) is 0 Å². The van der Waals surface area contributed by atoms with Gasteiger partial charge >= 0.3 is 0 Å². The Hall–Kier alpha value is -2.78. The summed E-state index contributed by atoms with van der Waals surface area (Å²) in [6.45, 7) is 0. The summed E-state index contributed by atoms with van der Waals surface area (Å²) in [6, 6.07) is 7.06. The number of benzene rings is 2. The van der Waals surface area contributed by atoms with E-state index in [1.807, 2.05) is 0 Å². The van der Waals surface area contributed by atoms with Gasteiger partial charge in [0.2, 0.25) is 10.0 Å². The molecule has 4 nitrogen and oxygen atoms in total. The van der Waals surface area contributed by atoms with Gasteiger partial charge in [-0.25, -0.2) is 31.1 Å². The summed E-state index contributed by atoms with van der Waals surface area (Å²) < 4.78 is 77.8. The van der Waals surface area contributed by atoms with E-state index < -0.39 is 38.2 Å². The third-order valence-corrected chi connectivity index (χ3v) is 4.55. The second-order valence-electron chi connectivity index (χ2n) is 5.34. The van der Waals surface area contributed by atoms with Crippen LogP contribution in [0.4, 0.5) is 17.6 Å². The molecule has 0 spiro atoms. The third kappa shape index (κ3) is 3.31. The van der Waals surface area contributed by atoms with Crippen LogP contribution in [0, 0.1) is 23.3 Å². The molecule has 2 N–H and O–H groups in total. The number of nitrogens with zero attached hydrogens (tertiary/aromatic N) is 1. The zero-order chi connectivity index (χ0) is 19.1. The molecule has 3 rings (SSSR count). The molecule has 0 saturated heterocycles. The summed E-state index contributed by atoms with van der Waals surface area (Å²) >= 11 is 0. The summed E-state index contributed by atoms with van der Waals surface area (Å²) in [6.07, 6.45) is 1.30. The van der Waals surface area contributed by atoms with Crippen molar-refractivity contribution in [1.29, 1.82) is 0 Å². The van der Waals surface area contributed by atoms with E-state index in [9.17, 15) is 26.0 Å². The van der Waals surface area contributed by atoms with E-state index >= 15 is 0 Å². The van der Waals surface area contributed by atoms with Crippen LogP contribution >= 0.6 is 0 Å². The topological polar surface area (TPSA) is 73.1 Å². The lowest BCUT2D eigenvalue weighted by molar-refractivity contribution is 0.509. The normalized spacial score (nSPS) is 11.6. The standard InChI is InChI=1S/C17H10F4N2O2S/c18-12-4-3-9(6-14(12)20)10-2-1-5-23-17(10)11-7-15(21)16(8-13(11)19)26(22,24)25/h1-8H,(H2,22,24,25). The summed E-state index contributed by atoms with van der Waals surface area (Å²) in [4.78, 5) is 2.97. The SMILES string of the molecule is NS(=O)(=O)c1cc(F)c(-c2ncccc2-c2ccc(F)c(F)c2)cc1F. The van der Waals surface area contributed by atoms with Gasteiger partial charge in [0.15, 0.2) is 11.6 Å². The maximum absolute atomic E-state index is 14.4. The molecule has 0 fully saturated rings. The fourth-order valence-electron chi connectivity index (χ4n) is 2.44. The maximum atomic E-state index is 14.4. The Morgan fingerprint density at radius 2 is 1.54 bits per heavy atom. The largest absolute Gasteiger partial charge is 0.255 e. The zero-order valence-electron chi connectivity index (χ0n) is 12.9. The number of halogens is 4. The molecule has 0 aliphatic rings. The number of sulfonamides is 1. The average molecular weight is 382 g/mol. The summed E-state index contributed by atoms with van der Waals surface area (Å²) in [5.41, 5.74) is -0.0403. The van der Waals surface area contributed by atoms with Crippen LogP contribution in [-0.2, 0) is 10.0 Å². The van der Waals surface area contributed by atoms with Crippen LogP contribution in [0.5, 0.6) is 0 Å². The number of pyridine rings is 1. The van der Waals surface area contributed by atoms with Crippen LogP contribution in [0.25, 0.3) is 22.4 Å². The van der Waals surface area contributed by atoms with Gasteiger partial charge < -0.3 is 0 Å². The molecular formula is C17H10F4N2O2S. The molecule has 1 aromatic heterocycles. The van der Waals surface area contributed by atoms with Crippen LogP contribution in [-0.4, -0.2) is 13.4 Å². The summed E-state index contributed by atoms with van der Waals surface area (Å²) in [5, 5.41) is 4.84. The molecule has 0 saturated carbocycles. The molecule has 0 amide bonds. The van der Waals surface area contributed by atoms with E-state index in [1.165, 1.54) is 24.4 Å². The van der Waals surface area contributed by atoms with Gasteiger partial charge in [-0.1, -0.05) is 12.1 Å². The van der Waals surface area contributed by atoms with Crippen molar-refractivity contribution >= 4 is 10.0 Å². The average Bonchev–Trinajstić information content (AvgIpc) is 2.58. The minimum atomic E-state index is -4.45. The smallest absolute Gasteiger partial charge is 0.241 e. The van der Waals surface area contributed by atoms with Gasteiger partial charge in [-0.05, 0) is 35.9 Å². The summed E-state index contributed by atoms with van der Waals surface area (Å²) in [5.74, 6) is -4.52. The maximum Gasteiger partial charge on any atom is 0.241 e. The van der Waals surface area contributed by atoms with Crippen molar-refractivity contribution in [2.75, 3.05) is 0 Å². The quantitative estimate of drug-likeness (QED) is 0.704. The predicted octanol–water partition coefficient (Wildman–Crippen LogP) is 3.62. The lowest BCUT2D eigenvalue weighted by Gasteiger charge is -2.11. The number of nitrogens with two attached hydrogens (primary N) is 1. The Morgan fingerprint density at radius 1 is 0.808 bits per heavy atom. The molecule has 2 aromatic carbocycles. The number of rotatable bonds is 3. The number of hydrogen-bond donors (Lipinski definition) is 1. The van der Waals surface area contributed by atoms with Crippen LogP contribution < -0.4 is 5.14 Å². The minimum absolute atomic E-state index is 0.0733. The Kier molecular flexibility index (Phi) is 4.51. The Balaban J connectivity index is 2.23. The van der Waals surface area contributed by atoms with Crippen LogP contribution in [0.1, 0.15) is 0 Å². The van der Waals surface area contributed by atoms with Gasteiger partial charge in [0.05, 0.1) is 5.69 Å². The van der Waals surface area contributed by atoms with Gasteiger partial charge in [-0.15, -0.1) is 0 Å². The van der Waals surface area contributed by atoms with Gasteiger partial charge in [-0.3, -0.25) is 4.98 Å². The van der Waals surface area contributed by atoms with E-state index in [2.05, 4.69) is 4.98 Å². The zero-order valence-corrected chi connectivity index (χ0v) is 13.7. The molecular weight excluding hydrogens is 372 g/mol. The molecule has 0 unspecified atom stereocenters. The Labute approximate surface area is 146 Å². The monoisotopic (exact) mass is 382 g/mol. The molecule has 0 aliphatic heterocycles.